The van der Waals surface area contributed by atoms with Crippen molar-refractivity contribution in [2.75, 3.05) is 17.7 Å². The molecule has 0 spiro atoms. The predicted octanol–water partition coefficient (Wildman–Crippen LogP) is 5.53. The quantitative estimate of drug-likeness (QED) is 0.723. The summed E-state index contributed by atoms with van der Waals surface area (Å²) in [6.45, 7) is 8.57. The number of nitrogens with one attached hydrogen (secondary N) is 2. The molecule has 146 valence electrons. The maximum atomic E-state index is 13.2. The first-order valence-corrected chi connectivity index (χ1v) is 9.82. The van der Waals surface area contributed by atoms with Gasteiger partial charge in [0.1, 0.15) is 5.75 Å². The largest absolute Gasteiger partial charge is 0.497 e. The Morgan fingerprint density at radius 3 is 2.29 bits per heavy atom. The van der Waals surface area contributed by atoms with Gasteiger partial charge in [0.25, 0.3) is 0 Å². The number of carbonyl (C=O) groups is 1. The minimum atomic E-state index is -0.180. The van der Waals surface area contributed by atoms with Crippen molar-refractivity contribution in [3.63, 3.8) is 0 Å². The lowest BCUT2D eigenvalue weighted by Crippen LogP contribution is -2.31. The summed E-state index contributed by atoms with van der Waals surface area (Å²) in [6.07, 6.45) is 1.42. The summed E-state index contributed by atoms with van der Waals surface area (Å²) in [5, 5.41) is 7.27. The number of anilines is 2. The molecule has 1 atom stereocenters. The zero-order valence-electron chi connectivity index (χ0n) is 17.3. The normalized spacial score (nSPS) is 20.5. The molecule has 0 saturated carbocycles. The minimum absolute atomic E-state index is 0.0440. The average molecular weight is 377 g/mol. The molecule has 4 rings (SSSR count). The number of methoxy groups -OCH3 is 1. The van der Waals surface area contributed by atoms with Crippen LogP contribution >= 0.6 is 0 Å². The summed E-state index contributed by atoms with van der Waals surface area (Å²) in [5.41, 5.74) is 7.45. The molecular formula is C24H28N2O2. The highest BCUT2D eigenvalue weighted by Gasteiger charge is 2.38. The van der Waals surface area contributed by atoms with E-state index in [2.05, 4.69) is 50.5 Å². The van der Waals surface area contributed by atoms with Gasteiger partial charge in [-0.2, -0.15) is 0 Å². The van der Waals surface area contributed by atoms with E-state index < -0.39 is 0 Å². The minimum Gasteiger partial charge on any atom is -0.497 e. The molecule has 0 amide bonds. The SMILES string of the molecule is COc1ccc(C2Nc3cc(C)c(C)cc3NC3=C2C(=O)CC(C)(C)C3)cc1. The van der Waals surface area contributed by atoms with E-state index in [0.29, 0.717) is 6.42 Å². The number of fused-ring (bicyclic) bond motifs is 1. The molecule has 0 fully saturated rings. The molecule has 2 aliphatic rings. The van der Waals surface area contributed by atoms with Crippen molar-refractivity contribution in [2.24, 2.45) is 5.41 Å². The van der Waals surface area contributed by atoms with E-state index in [1.54, 1.807) is 7.11 Å². The van der Waals surface area contributed by atoms with Crippen molar-refractivity contribution in [1.82, 2.24) is 0 Å². The maximum absolute atomic E-state index is 13.2. The number of ketones is 1. The van der Waals surface area contributed by atoms with Gasteiger partial charge in [0, 0.05) is 17.7 Å². The number of hydrogen-bond acceptors (Lipinski definition) is 4. The Hall–Kier alpha value is -2.75. The highest BCUT2D eigenvalue weighted by atomic mass is 16.5. The van der Waals surface area contributed by atoms with Crippen molar-refractivity contribution < 1.29 is 9.53 Å². The number of benzene rings is 2. The molecule has 0 bridgehead atoms. The van der Waals surface area contributed by atoms with Crippen LogP contribution in [0.15, 0.2) is 47.7 Å². The molecule has 1 aliphatic heterocycles. The Kier molecular flexibility index (Phi) is 4.45. The molecule has 1 heterocycles. The van der Waals surface area contributed by atoms with Crippen LogP contribution in [0.2, 0.25) is 0 Å². The van der Waals surface area contributed by atoms with Gasteiger partial charge in [-0.25, -0.2) is 0 Å². The van der Waals surface area contributed by atoms with Crippen LogP contribution in [-0.2, 0) is 4.79 Å². The number of ether oxygens (including phenoxy) is 1. The summed E-state index contributed by atoms with van der Waals surface area (Å²) in [7, 11) is 1.66. The fourth-order valence-corrected chi connectivity index (χ4v) is 4.26. The van der Waals surface area contributed by atoms with Crippen LogP contribution in [0.4, 0.5) is 11.4 Å². The topological polar surface area (TPSA) is 50.4 Å². The van der Waals surface area contributed by atoms with Crippen LogP contribution in [-0.4, -0.2) is 12.9 Å². The lowest BCUT2D eigenvalue weighted by atomic mass is 9.73. The van der Waals surface area contributed by atoms with E-state index in [4.69, 9.17) is 4.74 Å². The molecule has 1 unspecified atom stereocenters. The molecule has 2 N–H and O–H groups in total. The van der Waals surface area contributed by atoms with Gasteiger partial charge in [-0.05, 0) is 66.6 Å². The van der Waals surface area contributed by atoms with Gasteiger partial charge in [0.05, 0.1) is 24.5 Å². The van der Waals surface area contributed by atoms with Gasteiger partial charge in [0.2, 0.25) is 0 Å². The Labute approximate surface area is 167 Å². The summed E-state index contributed by atoms with van der Waals surface area (Å²) < 4.78 is 5.31. The number of aryl methyl sites for hydroxylation is 2. The molecule has 2 aromatic carbocycles. The Morgan fingerprint density at radius 1 is 1.00 bits per heavy atom. The van der Waals surface area contributed by atoms with Crippen molar-refractivity contribution in [1.29, 1.82) is 0 Å². The smallest absolute Gasteiger partial charge is 0.163 e. The Bertz CT molecular complexity index is 971. The van der Waals surface area contributed by atoms with Gasteiger partial charge >= 0.3 is 0 Å². The molecule has 0 aromatic heterocycles. The standard InChI is InChI=1S/C24H28N2O2/c1-14-10-18-19(11-15(14)2)26-23(16-6-8-17(28-5)9-7-16)22-20(25-18)12-24(3,4)13-21(22)27/h6-11,23,25-26H,12-13H2,1-5H3. The third-order valence-electron chi connectivity index (χ3n) is 5.88. The third-order valence-corrected chi connectivity index (χ3v) is 5.88. The predicted molar refractivity (Wildman–Crippen MR) is 114 cm³/mol. The first-order valence-electron chi connectivity index (χ1n) is 9.82. The molecule has 0 saturated heterocycles. The first kappa shape index (κ1) is 18.6. The number of carbonyl (C=O) groups excluding carboxylic acids is 1. The lowest BCUT2D eigenvalue weighted by molar-refractivity contribution is -0.118. The van der Waals surface area contributed by atoms with Crippen LogP contribution in [0, 0.1) is 19.3 Å². The van der Waals surface area contributed by atoms with Crippen molar-refractivity contribution >= 4 is 17.2 Å². The van der Waals surface area contributed by atoms with E-state index in [0.717, 1.165) is 40.4 Å². The third kappa shape index (κ3) is 3.28. The zero-order valence-corrected chi connectivity index (χ0v) is 17.3. The number of rotatable bonds is 2. The fourth-order valence-electron chi connectivity index (χ4n) is 4.26. The van der Waals surface area contributed by atoms with Gasteiger partial charge in [-0.3, -0.25) is 4.79 Å². The number of hydrogen-bond donors (Lipinski definition) is 2. The van der Waals surface area contributed by atoms with Gasteiger partial charge < -0.3 is 15.4 Å². The van der Waals surface area contributed by atoms with Crippen molar-refractivity contribution in [3.05, 3.63) is 64.4 Å². The summed E-state index contributed by atoms with van der Waals surface area (Å²) in [6, 6.07) is 12.1. The lowest BCUT2D eigenvalue weighted by Gasteiger charge is -2.34. The highest BCUT2D eigenvalue weighted by molar-refractivity contribution is 6.01. The van der Waals surface area contributed by atoms with Gasteiger partial charge in [-0.1, -0.05) is 26.0 Å². The Morgan fingerprint density at radius 2 is 1.64 bits per heavy atom. The van der Waals surface area contributed by atoms with E-state index in [9.17, 15) is 4.79 Å². The van der Waals surface area contributed by atoms with Crippen molar-refractivity contribution in [2.45, 2.75) is 46.6 Å². The zero-order chi connectivity index (χ0) is 20.1. The fraction of sp³-hybridized carbons (Fsp3) is 0.375. The molecule has 4 nitrogen and oxygen atoms in total. The van der Waals surface area contributed by atoms with Crippen LogP contribution in [0.3, 0.4) is 0 Å². The number of Topliss-reactive ketones (excluding diaryl/α,β-unsaturated/α-hetero) is 1. The molecule has 4 heteroatoms. The Balaban J connectivity index is 1.87. The molecular weight excluding hydrogens is 348 g/mol. The van der Waals surface area contributed by atoms with E-state index >= 15 is 0 Å². The maximum Gasteiger partial charge on any atom is 0.163 e. The first-order chi connectivity index (χ1) is 13.3. The number of allylic oxidation sites excluding steroid dienone is 1. The molecule has 0 radical (unpaired) electrons. The van der Waals surface area contributed by atoms with Crippen LogP contribution in [0.5, 0.6) is 5.75 Å². The second-order valence-electron chi connectivity index (χ2n) is 8.79. The summed E-state index contributed by atoms with van der Waals surface area (Å²) >= 11 is 0. The van der Waals surface area contributed by atoms with E-state index in [-0.39, 0.29) is 17.2 Å². The second kappa shape index (κ2) is 6.69. The molecule has 2 aromatic rings. The summed E-state index contributed by atoms with van der Waals surface area (Å²) in [4.78, 5) is 13.2. The van der Waals surface area contributed by atoms with Gasteiger partial charge in [0.15, 0.2) is 5.78 Å². The summed E-state index contributed by atoms with van der Waals surface area (Å²) in [5.74, 6) is 1.03. The van der Waals surface area contributed by atoms with E-state index in [1.165, 1.54) is 11.1 Å². The molecule has 1 aliphatic carbocycles. The highest BCUT2D eigenvalue weighted by Crippen LogP contribution is 2.46. The monoisotopic (exact) mass is 376 g/mol. The average Bonchev–Trinajstić information content (AvgIpc) is 2.78. The van der Waals surface area contributed by atoms with Crippen LogP contribution < -0.4 is 15.4 Å². The van der Waals surface area contributed by atoms with Gasteiger partial charge in [-0.15, -0.1) is 0 Å². The van der Waals surface area contributed by atoms with Crippen molar-refractivity contribution in [3.8, 4) is 5.75 Å². The second-order valence-corrected chi connectivity index (χ2v) is 8.79. The molecule has 28 heavy (non-hydrogen) atoms. The van der Waals surface area contributed by atoms with Crippen LogP contribution in [0.25, 0.3) is 0 Å². The van der Waals surface area contributed by atoms with E-state index in [1.807, 2.05) is 24.3 Å². The van der Waals surface area contributed by atoms with Crippen LogP contribution in [0.1, 0.15) is 49.4 Å².